The van der Waals surface area contributed by atoms with Crippen LogP contribution in [0.1, 0.15) is 38.7 Å². The molecule has 0 saturated heterocycles. The normalized spacial score (nSPS) is 23.9. The fraction of sp³-hybridized carbons (Fsp3) is 0.500. The van der Waals surface area contributed by atoms with E-state index in [1.165, 1.54) is 21.2 Å². The minimum Gasteiger partial charge on any atom is -0.380 e. The first-order chi connectivity index (χ1) is 6.48. The van der Waals surface area contributed by atoms with Crippen LogP contribution >= 0.6 is 22.6 Å². The summed E-state index contributed by atoms with van der Waals surface area (Å²) in [5.74, 6) is 0.663. The molecule has 1 unspecified atom stereocenters. The summed E-state index contributed by atoms with van der Waals surface area (Å²) in [4.78, 5) is 0. The molecule has 1 aliphatic rings. The van der Waals surface area contributed by atoms with Gasteiger partial charge in [0.25, 0.3) is 0 Å². The summed E-state index contributed by atoms with van der Waals surface area (Å²) in [6, 6.07) is 6.66. The van der Waals surface area contributed by atoms with Crippen LogP contribution in [0.2, 0.25) is 0 Å². The number of hydrogen-bond acceptors (Lipinski definition) is 1. The van der Waals surface area contributed by atoms with Gasteiger partial charge >= 0.3 is 0 Å². The van der Waals surface area contributed by atoms with Crippen LogP contribution in [0.25, 0.3) is 0 Å². The standard InChI is InChI=1S/C12H16IN/c1-8-7-12(2,3)14-11-5-4-9(13)6-10(8)11/h4-6,8,14H,7H2,1-3H3. The van der Waals surface area contributed by atoms with Crippen LogP contribution in [0.3, 0.4) is 0 Å². The Hall–Kier alpha value is -0.250. The Balaban J connectivity index is 2.45. The molecule has 14 heavy (non-hydrogen) atoms. The van der Waals surface area contributed by atoms with Crippen LogP contribution in [0, 0.1) is 3.57 Å². The van der Waals surface area contributed by atoms with Gasteiger partial charge < -0.3 is 5.32 Å². The molecular formula is C12H16IN. The predicted molar refractivity (Wildman–Crippen MR) is 69.9 cm³/mol. The lowest BCUT2D eigenvalue weighted by atomic mass is 9.82. The van der Waals surface area contributed by atoms with Gasteiger partial charge in [-0.3, -0.25) is 0 Å². The first-order valence-corrected chi connectivity index (χ1v) is 6.13. The largest absolute Gasteiger partial charge is 0.380 e. The monoisotopic (exact) mass is 301 g/mol. The molecule has 1 aromatic rings. The zero-order chi connectivity index (χ0) is 10.3. The molecule has 0 radical (unpaired) electrons. The third-order valence-electron chi connectivity index (χ3n) is 2.83. The Labute approximate surface area is 99.4 Å². The van der Waals surface area contributed by atoms with Crippen LogP contribution in [0.4, 0.5) is 5.69 Å². The number of benzene rings is 1. The highest BCUT2D eigenvalue weighted by Gasteiger charge is 2.28. The van der Waals surface area contributed by atoms with Crippen molar-refractivity contribution >= 4 is 28.3 Å². The van der Waals surface area contributed by atoms with Crippen LogP contribution < -0.4 is 5.32 Å². The number of nitrogens with one attached hydrogen (secondary N) is 1. The molecule has 0 spiro atoms. The minimum atomic E-state index is 0.235. The number of fused-ring (bicyclic) bond motifs is 1. The molecule has 0 amide bonds. The number of rotatable bonds is 0. The van der Waals surface area contributed by atoms with Crippen molar-refractivity contribution in [1.29, 1.82) is 0 Å². The van der Waals surface area contributed by atoms with Gasteiger partial charge in [0.1, 0.15) is 0 Å². The summed E-state index contributed by atoms with van der Waals surface area (Å²) < 4.78 is 1.33. The van der Waals surface area contributed by atoms with E-state index in [4.69, 9.17) is 0 Å². The molecule has 2 rings (SSSR count). The fourth-order valence-electron chi connectivity index (χ4n) is 2.35. The van der Waals surface area contributed by atoms with E-state index in [0.29, 0.717) is 5.92 Å². The van der Waals surface area contributed by atoms with E-state index in [1.54, 1.807) is 0 Å². The van der Waals surface area contributed by atoms with Crippen molar-refractivity contribution in [2.75, 3.05) is 5.32 Å². The number of halogens is 1. The molecule has 0 bridgehead atoms. The van der Waals surface area contributed by atoms with E-state index in [-0.39, 0.29) is 5.54 Å². The molecule has 0 saturated carbocycles. The first-order valence-electron chi connectivity index (χ1n) is 5.05. The molecular weight excluding hydrogens is 285 g/mol. The third-order valence-corrected chi connectivity index (χ3v) is 3.51. The second kappa shape index (κ2) is 3.40. The van der Waals surface area contributed by atoms with Gasteiger partial charge in [0.2, 0.25) is 0 Å². The summed E-state index contributed by atoms with van der Waals surface area (Å²) >= 11 is 2.38. The average molecular weight is 301 g/mol. The number of anilines is 1. The summed E-state index contributed by atoms with van der Waals surface area (Å²) in [6.45, 7) is 6.85. The van der Waals surface area contributed by atoms with E-state index >= 15 is 0 Å². The summed E-state index contributed by atoms with van der Waals surface area (Å²) in [5, 5.41) is 3.59. The van der Waals surface area contributed by atoms with Crippen molar-refractivity contribution in [2.45, 2.75) is 38.6 Å². The Kier molecular flexibility index (Phi) is 2.50. The minimum absolute atomic E-state index is 0.235. The summed E-state index contributed by atoms with van der Waals surface area (Å²) in [7, 11) is 0. The predicted octanol–water partition coefficient (Wildman–Crippen LogP) is 3.99. The third kappa shape index (κ3) is 1.90. The molecule has 1 heterocycles. The Morgan fingerprint density at radius 1 is 1.43 bits per heavy atom. The zero-order valence-corrected chi connectivity index (χ0v) is 11.1. The molecule has 1 N–H and O–H groups in total. The highest BCUT2D eigenvalue weighted by atomic mass is 127. The summed E-state index contributed by atoms with van der Waals surface area (Å²) in [6.07, 6.45) is 1.21. The molecule has 1 aliphatic heterocycles. The molecule has 0 fully saturated rings. The topological polar surface area (TPSA) is 12.0 Å². The van der Waals surface area contributed by atoms with Gasteiger partial charge in [0.05, 0.1) is 0 Å². The number of hydrogen-bond donors (Lipinski definition) is 1. The Morgan fingerprint density at radius 3 is 2.86 bits per heavy atom. The molecule has 1 atom stereocenters. The maximum atomic E-state index is 3.59. The maximum absolute atomic E-state index is 3.59. The van der Waals surface area contributed by atoms with Crippen LogP contribution in [-0.2, 0) is 0 Å². The van der Waals surface area contributed by atoms with Crippen molar-refractivity contribution in [3.8, 4) is 0 Å². The van der Waals surface area contributed by atoms with Crippen LogP contribution in [0.5, 0.6) is 0 Å². The van der Waals surface area contributed by atoms with Gasteiger partial charge in [-0.2, -0.15) is 0 Å². The van der Waals surface area contributed by atoms with Gasteiger partial charge in [0.15, 0.2) is 0 Å². The van der Waals surface area contributed by atoms with Crippen molar-refractivity contribution < 1.29 is 0 Å². The smallest absolute Gasteiger partial charge is 0.0380 e. The Morgan fingerprint density at radius 2 is 2.14 bits per heavy atom. The average Bonchev–Trinajstić information content (AvgIpc) is 2.05. The van der Waals surface area contributed by atoms with Gasteiger partial charge in [0, 0.05) is 14.8 Å². The van der Waals surface area contributed by atoms with Gasteiger partial charge in [-0.25, -0.2) is 0 Å². The van der Waals surface area contributed by atoms with Gasteiger partial charge in [-0.05, 0) is 72.5 Å². The van der Waals surface area contributed by atoms with E-state index in [9.17, 15) is 0 Å². The van der Waals surface area contributed by atoms with Crippen LogP contribution in [0.15, 0.2) is 18.2 Å². The van der Waals surface area contributed by atoms with E-state index in [2.05, 4.69) is 66.9 Å². The summed E-state index contributed by atoms with van der Waals surface area (Å²) in [5.41, 5.74) is 3.02. The van der Waals surface area contributed by atoms with Crippen LogP contribution in [-0.4, -0.2) is 5.54 Å². The van der Waals surface area contributed by atoms with E-state index < -0.39 is 0 Å². The SMILES string of the molecule is CC1CC(C)(C)Nc2ccc(I)cc21. The van der Waals surface area contributed by atoms with Gasteiger partial charge in [-0.1, -0.05) is 6.92 Å². The highest BCUT2D eigenvalue weighted by Crippen LogP contribution is 2.38. The molecule has 0 aliphatic carbocycles. The van der Waals surface area contributed by atoms with E-state index in [1.807, 2.05) is 0 Å². The maximum Gasteiger partial charge on any atom is 0.0380 e. The highest BCUT2D eigenvalue weighted by molar-refractivity contribution is 14.1. The lowest BCUT2D eigenvalue weighted by Gasteiger charge is -2.37. The second-order valence-electron chi connectivity index (χ2n) is 4.85. The van der Waals surface area contributed by atoms with Crippen molar-refractivity contribution in [2.24, 2.45) is 0 Å². The Bertz CT molecular complexity index is 357. The lowest BCUT2D eigenvalue weighted by molar-refractivity contribution is 0.454. The molecule has 76 valence electrons. The fourth-order valence-corrected chi connectivity index (χ4v) is 2.86. The van der Waals surface area contributed by atoms with Crippen molar-refractivity contribution in [3.63, 3.8) is 0 Å². The molecule has 2 heteroatoms. The second-order valence-corrected chi connectivity index (χ2v) is 6.09. The van der Waals surface area contributed by atoms with E-state index in [0.717, 1.165) is 0 Å². The zero-order valence-electron chi connectivity index (χ0n) is 8.89. The molecule has 1 aromatic carbocycles. The molecule has 1 nitrogen and oxygen atoms in total. The molecule has 0 aromatic heterocycles. The lowest BCUT2D eigenvalue weighted by Crippen LogP contribution is -2.36. The quantitative estimate of drug-likeness (QED) is 0.715. The van der Waals surface area contributed by atoms with Gasteiger partial charge in [-0.15, -0.1) is 0 Å². The van der Waals surface area contributed by atoms with Crippen molar-refractivity contribution in [1.82, 2.24) is 0 Å². The first kappa shape index (κ1) is 10.3. The van der Waals surface area contributed by atoms with Crippen molar-refractivity contribution in [3.05, 3.63) is 27.3 Å².